The molecule has 0 saturated carbocycles. The van der Waals surface area contributed by atoms with Gasteiger partial charge in [0, 0.05) is 25.1 Å². The highest BCUT2D eigenvalue weighted by Crippen LogP contribution is 2.07. The van der Waals surface area contributed by atoms with Gasteiger partial charge in [0.1, 0.15) is 0 Å². The fourth-order valence-electron chi connectivity index (χ4n) is 2.28. The van der Waals surface area contributed by atoms with Gasteiger partial charge in [-0.15, -0.1) is 35.3 Å². The summed E-state index contributed by atoms with van der Waals surface area (Å²) in [6.07, 6.45) is 3.12. The first-order valence-corrected chi connectivity index (χ1v) is 9.35. The minimum atomic E-state index is 0. The fourth-order valence-corrected chi connectivity index (χ4v) is 2.92. The van der Waals surface area contributed by atoms with Gasteiger partial charge in [-0.25, -0.2) is 0 Å². The van der Waals surface area contributed by atoms with E-state index < -0.39 is 0 Å². The van der Waals surface area contributed by atoms with Crippen LogP contribution < -0.4 is 10.6 Å². The maximum absolute atomic E-state index is 5.70. The molecule has 25 heavy (non-hydrogen) atoms. The van der Waals surface area contributed by atoms with Crippen molar-refractivity contribution in [1.29, 1.82) is 0 Å². The number of unbranched alkanes of at least 4 members (excludes halogenated alkanes) is 1. The smallest absolute Gasteiger partial charge is 0.191 e. The van der Waals surface area contributed by atoms with E-state index in [1.54, 1.807) is 18.4 Å². The molecule has 1 aromatic heterocycles. The molecule has 0 radical (unpaired) electrons. The molecule has 0 amide bonds. The van der Waals surface area contributed by atoms with Crippen molar-refractivity contribution >= 4 is 41.3 Å². The molecule has 138 valence electrons. The quantitative estimate of drug-likeness (QED) is 0.237. The summed E-state index contributed by atoms with van der Waals surface area (Å²) in [4.78, 5) is 5.55. The zero-order chi connectivity index (χ0) is 16.9. The van der Waals surface area contributed by atoms with E-state index in [1.807, 2.05) is 6.07 Å². The number of nitrogens with zero attached hydrogens (tertiary/aromatic N) is 1. The molecule has 4 nitrogen and oxygen atoms in total. The van der Waals surface area contributed by atoms with Crippen LogP contribution >= 0.6 is 35.3 Å². The zero-order valence-electron chi connectivity index (χ0n) is 14.7. The van der Waals surface area contributed by atoms with E-state index in [0.29, 0.717) is 0 Å². The third-order valence-electron chi connectivity index (χ3n) is 3.62. The lowest BCUT2D eigenvalue weighted by Crippen LogP contribution is -2.37. The van der Waals surface area contributed by atoms with Crippen LogP contribution in [0, 0.1) is 0 Å². The van der Waals surface area contributed by atoms with E-state index in [2.05, 4.69) is 57.4 Å². The van der Waals surface area contributed by atoms with Gasteiger partial charge < -0.3 is 15.4 Å². The van der Waals surface area contributed by atoms with Crippen molar-refractivity contribution in [1.82, 2.24) is 10.6 Å². The second-order valence-corrected chi connectivity index (χ2v) is 6.52. The molecule has 0 aliphatic rings. The van der Waals surface area contributed by atoms with Crippen LogP contribution in [0.15, 0.2) is 52.8 Å². The van der Waals surface area contributed by atoms with Gasteiger partial charge in [-0.05, 0) is 36.3 Å². The third-order valence-corrected chi connectivity index (χ3v) is 4.50. The molecule has 6 heteroatoms. The number of benzene rings is 1. The summed E-state index contributed by atoms with van der Waals surface area (Å²) in [5, 5.41) is 8.74. The topological polar surface area (TPSA) is 45.7 Å². The Bertz CT molecular complexity index is 576. The van der Waals surface area contributed by atoms with Crippen molar-refractivity contribution in [3.63, 3.8) is 0 Å². The normalized spacial score (nSPS) is 11.0. The molecule has 2 aromatic rings. The number of ether oxygens (including phenoxy) is 1. The number of rotatable bonds is 10. The largest absolute Gasteiger partial charge is 0.381 e. The number of hydrogen-bond acceptors (Lipinski definition) is 3. The van der Waals surface area contributed by atoms with Crippen LogP contribution in [0.25, 0.3) is 0 Å². The summed E-state index contributed by atoms with van der Waals surface area (Å²) in [6, 6.07) is 14.7. The molecule has 0 unspecified atom stereocenters. The monoisotopic (exact) mass is 473 g/mol. The first kappa shape index (κ1) is 21.9. The Hall–Kier alpha value is -1.12. The molecular weight excluding hydrogens is 445 g/mol. The summed E-state index contributed by atoms with van der Waals surface area (Å²) < 4.78 is 5.70. The average molecular weight is 473 g/mol. The maximum atomic E-state index is 5.70. The molecule has 2 N–H and O–H groups in total. The lowest BCUT2D eigenvalue weighted by Gasteiger charge is -2.11. The van der Waals surface area contributed by atoms with Crippen molar-refractivity contribution in [3.05, 3.63) is 58.3 Å². The Morgan fingerprint density at radius 2 is 1.88 bits per heavy atom. The van der Waals surface area contributed by atoms with E-state index in [-0.39, 0.29) is 24.0 Å². The maximum Gasteiger partial charge on any atom is 0.191 e. The van der Waals surface area contributed by atoms with Crippen LogP contribution in [-0.4, -0.2) is 32.8 Å². The van der Waals surface area contributed by atoms with Gasteiger partial charge in [-0.2, -0.15) is 0 Å². The van der Waals surface area contributed by atoms with E-state index >= 15 is 0 Å². The van der Waals surface area contributed by atoms with Crippen LogP contribution in [-0.2, 0) is 17.7 Å². The standard InChI is InChI=1S/C19H27N3OS.HI/c1-20-19(22-16-18-10-7-15-24-18)21-12-5-6-13-23-14-11-17-8-3-2-4-9-17;/h2-4,7-10,15H,5-6,11-14,16H2,1H3,(H2,20,21,22);1H. The van der Waals surface area contributed by atoms with E-state index in [4.69, 9.17) is 4.74 Å². The summed E-state index contributed by atoms with van der Waals surface area (Å²) in [5.74, 6) is 0.855. The summed E-state index contributed by atoms with van der Waals surface area (Å²) >= 11 is 1.75. The van der Waals surface area contributed by atoms with Gasteiger partial charge in [0.2, 0.25) is 0 Å². The number of guanidine groups is 1. The lowest BCUT2D eigenvalue weighted by molar-refractivity contribution is 0.133. The average Bonchev–Trinajstić information content (AvgIpc) is 3.14. The fraction of sp³-hybridized carbons (Fsp3) is 0.421. The van der Waals surface area contributed by atoms with E-state index in [1.165, 1.54) is 10.4 Å². The Kier molecular flexibility index (Phi) is 12.4. The van der Waals surface area contributed by atoms with Crippen molar-refractivity contribution in [2.45, 2.75) is 25.8 Å². The number of nitrogens with one attached hydrogen (secondary N) is 2. The van der Waals surface area contributed by atoms with Crippen LogP contribution in [0.1, 0.15) is 23.3 Å². The van der Waals surface area contributed by atoms with Gasteiger partial charge in [0.15, 0.2) is 5.96 Å². The van der Waals surface area contributed by atoms with Crippen LogP contribution in [0.4, 0.5) is 0 Å². The van der Waals surface area contributed by atoms with Gasteiger partial charge in [-0.1, -0.05) is 36.4 Å². The van der Waals surface area contributed by atoms with E-state index in [0.717, 1.165) is 51.5 Å². The third kappa shape index (κ3) is 9.81. The summed E-state index contributed by atoms with van der Waals surface area (Å²) in [7, 11) is 1.80. The summed E-state index contributed by atoms with van der Waals surface area (Å²) in [5.41, 5.74) is 1.33. The Labute approximate surface area is 172 Å². The molecule has 1 aromatic carbocycles. The van der Waals surface area contributed by atoms with Crippen molar-refractivity contribution in [2.75, 3.05) is 26.8 Å². The Morgan fingerprint density at radius 1 is 1.04 bits per heavy atom. The Balaban J connectivity index is 0.00000312. The molecule has 2 rings (SSSR count). The van der Waals surface area contributed by atoms with Crippen LogP contribution in [0.5, 0.6) is 0 Å². The second-order valence-electron chi connectivity index (χ2n) is 5.49. The number of halogens is 1. The second kappa shape index (κ2) is 14.1. The van der Waals surface area contributed by atoms with Gasteiger partial charge in [0.25, 0.3) is 0 Å². The minimum Gasteiger partial charge on any atom is -0.381 e. The molecule has 0 aliphatic carbocycles. The first-order chi connectivity index (χ1) is 11.9. The minimum absolute atomic E-state index is 0. The molecular formula is C19H28IN3OS. The lowest BCUT2D eigenvalue weighted by atomic mass is 10.2. The first-order valence-electron chi connectivity index (χ1n) is 8.47. The predicted molar refractivity (Wildman–Crippen MR) is 118 cm³/mol. The molecule has 0 aliphatic heterocycles. The SMILES string of the molecule is CN=C(NCCCCOCCc1ccccc1)NCc1cccs1.I. The number of thiophene rings is 1. The van der Waals surface area contributed by atoms with E-state index in [9.17, 15) is 0 Å². The Morgan fingerprint density at radius 3 is 2.60 bits per heavy atom. The molecule has 0 spiro atoms. The van der Waals surface area contributed by atoms with Crippen molar-refractivity contribution in [3.8, 4) is 0 Å². The van der Waals surface area contributed by atoms with Crippen molar-refractivity contribution < 1.29 is 4.74 Å². The molecule has 0 fully saturated rings. The predicted octanol–water partition coefficient (Wildman–Crippen LogP) is 4.07. The zero-order valence-corrected chi connectivity index (χ0v) is 17.9. The van der Waals surface area contributed by atoms with Crippen LogP contribution in [0.3, 0.4) is 0 Å². The van der Waals surface area contributed by atoms with Crippen LogP contribution in [0.2, 0.25) is 0 Å². The highest BCUT2D eigenvalue weighted by Gasteiger charge is 1.99. The van der Waals surface area contributed by atoms with Gasteiger partial charge in [-0.3, -0.25) is 4.99 Å². The molecule has 0 bridgehead atoms. The molecule has 1 heterocycles. The van der Waals surface area contributed by atoms with Gasteiger partial charge in [0.05, 0.1) is 13.2 Å². The van der Waals surface area contributed by atoms with Gasteiger partial charge >= 0.3 is 0 Å². The number of hydrogen-bond donors (Lipinski definition) is 2. The highest BCUT2D eigenvalue weighted by atomic mass is 127. The molecule has 0 atom stereocenters. The van der Waals surface area contributed by atoms with Crippen molar-refractivity contribution in [2.24, 2.45) is 4.99 Å². The summed E-state index contributed by atoms with van der Waals surface area (Å²) in [6.45, 7) is 3.34. The molecule has 0 saturated heterocycles. The number of aliphatic imine (C=N–C) groups is 1. The highest BCUT2D eigenvalue weighted by molar-refractivity contribution is 14.0.